The number of nitrogens with one attached hydrogen (secondary N) is 1. The Morgan fingerprint density at radius 3 is 2.50 bits per heavy atom. The van der Waals surface area contributed by atoms with Crippen LogP contribution in [0.15, 0.2) is 53.6 Å². The summed E-state index contributed by atoms with van der Waals surface area (Å²) in [5.74, 6) is 1.43. The smallest absolute Gasteiger partial charge is 0.175 e. The summed E-state index contributed by atoms with van der Waals surface area (Å²) in [4.78, 5) is 4.42. The minimum Gasteiger partial charge on any atom is -0.492 e. The Hall–Kier alpha value is -2.08. The van der Waals surface area contributed by atoms with Gasteiger partial charge in [0.25, 0.3) is 0 Å². The van der Waals surface area contributed by atoms with E-state index in [9.17, 15) is 8.42 Å². The van der Waals surface area contributed by atoms with Crippen LogP contribution in [0.3, 0.4) is 0 Å². The average Bonchev–Trinajstić information content (AvgIpc) is 2.44. The lowest BCUT2D eigenvalue weighted by atomic mass is 10.3. The molecule has 0 aliphatic rings. The summed E-state index contributed by atoms with van der Waals surface area (Å²) in [6.45, 7) is 1.08. The van der Waals surface area contributed by atoms with Gasteiger partial charge in [0, 0.05) is 12.5 Å². The second kappa shape index (κ2) is 6.38. The van der Waals surface area contributed by atoms with Crippen LogP contribution in [0.5, 0.6) is 5.75 Å². The van der Waals surface area contributed by atoms with E-state index in [0.717, 1.165) is 5.82 Å². The molecule has 0 atom stereocenters. The molecule has 20 heavy (non-hydrogen) atoms. The molecule has 0 bridgehead atoms. The standard InChI is InChI=1S/C14H16N2O3S/c1-20(17,18)13-7-5-12(6-8-13)19-11-10-16-14-4-2-3-9-15-14/h2-9H,10-11H2,1H3,(H,15,16). The van der Waals surface area contributed by atoms with Crippen molar-refractivity contribution in [2.75, 3.05) is 24.7 Å². The Labute approximate surface area is 118 Å². The Bertz CT molecular complexity index is 640. The average molecular weight is 292 g/mol. The van der Waals surface area contributed by atoms with E-state index >= 15 is 0 Å². The fourth-order valence-electron chi connectivity index (χ4n) is 1.60. The molecular weight excluding hydrogens is 276 g/mol. The summed E-state index contributed by atoms with van der Waals surface area (Å²) in [6.07, 6.45) is 2.90. The lowest BCUT2D eigenvalue weighted by molar-refractivity contribution is 0.332. The normalized spacial score (nSPS) is 11.1. The first-order chi connectivity index (χ1) is 9.55. The lowest BCUT2D eigenvalue weighted by Crippen LogP contribution is -2.12. The molecule has 2 aromatic rings. The van der Waals surface area contributed by atoms with Crippen molar-refractivity contribution in [1.82, 2.24) is 4.98 Å². The zero-order chi connectivity index (χ0) is 14.4. The van der Waals surface area contributed by atoms with Crippen molar-refractivity contribution in [2.45, 2.75) is 4.90 Å². The van der Waals surface area contributed by atoms with Crippen LogP contribution in [0, 0.1) is 0 Å². The van der Waals surface area contributed by atoms with Gasteiger partial charge >= 0.3 is 0 Å². The van der Waals surface area contributed by atoms with Gasteiger partial charge in [-0.3, -0.25) is 0 Å². The van der Waals surface area contributed by atoms with E-state index < -0.39 is 9.84 Å². The molecule has 1 aromatic carbocycles. The van der Waals surface area contributed by atoms with Gasteiger partial charge in [-0.1, -0.05) is 6.07 Å². The van der Waals surface area contributed by atoms with Gasteiger partial charge in [-0.25, -0.2) is 13.4 Å². The first kappa shape index (κ1) is 14.3. The predicted molar refractivity (Wildman–Crippen MR) is 77.8 cm³/mol. The monoisotopic (exact) mass is 292 g/mol. The molecule has 0 amide bonds. The molecule has 5 nitrogen and oxygen atoms in total. The Balaban J connectivity index is 1.80. The maximum atomic E-state index is 11.3. The third-order valence-electron chi connectivity index (χ3n) is 2.59. The van der Waals surface area contributed by atoms with Crippen LogP contribution < -0.4 is 10.1 Å². The van der Waals surface area contributed by atoms with E-state index in [1.54, 1.807) is 18.3 Å². The van der Waals surface area contributed by atoms with Crippen LogP contribution in [0.25, 0.3) is 0 Å². The van der Waals surface area contributed by atoms with E-state index in [2.05, 4.69) is 10.3 Å². The fraction of sp³-hybridized carbons (Fsp3) is 0.214. The third-order valence-corrected chi connectivity index (χ3v) is 3.72. The molecule has 0 unspecified atom stereocenters. The zero-order valence-electron chi connectivity index (χ0n) is 11.1. The molecule has 0 radical (unpaired) electrons. The zero-order valence-corrected chi connectivity index (χ0v) is 11.9. The molecule has 1 N–H and O–H groups in total. The van der Waals surface area contributed by atoms with Crippen molar-refractivity contribution in [1.29, 1.82) is 0 Å². The van der Waals surface area contributed by atoms with Crippen molar-refractivity contribution >= 4 is 15.7 Å². The van der Waals surface area contributed by atoms with Gasteiger partial charge in [-0.15, -0.1) is 0 Å². The maximum Gasteiger partial charge on any atom is 0.175 e. The van der Waals surface area contributed by atoms with Crippen molar-refractivity contribution in [3.05, 3.63) is 48.7 Å². The predicted octanol–water partition coefficient (Wildman–Crippen LogP) is 1.98. The number of rotatable bonds is 6. The second-order valence-electron chi connectivity index (χ2n) is 4.23. The number of anilines is 1. The molecule has 0 aliphatic heterocycles. The first-order valence-electron chi connectivity index (χ1n) is 6.13. The molecule has 1 aromatic heterocycles. The maximum absolute atomic E-state index is 11.3. The summed E-state index contributed by atoms with van der Waals surface area (Å²) in [5, 5.41) is 3.12. The fourth-order valence-corrected chi connectivity index (χ4v) is 2.23. The number of benzene rings is 1. The number of pyridine rings is 1. The molecule has 0 spiro atoms. The summed E-state index contributed by atoms with van der Waals surface area (Å²) in [7, 11) is -3.16. The molecule has 0 saturated heterocycles. The number of hydrogen-bond donors (Lipinski definition) is 1. The highest BCUT2D eigenvalue weighted by Crippen LogP contribution is 2.15. The number of hydrogen-bond acceptors (Lipinski definition) is 5. The Morgan fingerprint density at radius 2 is 1.90 bits per heavy atom. The van der Waals surface area contributed by atoms with Gasteiger partial charge in [-0.05, 0) is 36.4 Å². The number of aromatic nitrogens is 1. The topological polar surface area (TPSA) is 68.3 Å². The SMILES string of the molecule is CS(=O)(=O)c1ccc(OCCNc2ccccn2)cc1. The van der Waals surface area contributed by atoms with Crippen LogP contribution in [0.2, 0.25) is 0 Å². The second-order valence-corrected chi connectivity index (χ2v) is 6.25. The molecule has 0 aliphatic carbocycles. The van der Waals surface area contributed by atoms with Crippen LogP contribution in [0.1, 0.15) is 0 Å². The van der Waals surface area contributed by atoms with E-state index in [0.29, 0.717) is 18.9 Å². The first-order valence-corrected chi connectivity index (χ1v) is 8.03. The van der Waals surface area contributed by atoms with Crippen LogP contribution in [0.4, 0.5) is 5.82 Å². The van der Waals surface area contributed by atoms with Gasteiger partial charge < -0.3 is 10.1 Å². The van der Waals surface area contributed by atoms with E-state index in [-0.39, 0.29) is 4.90 Å². The molecule has 6 heteroatoms. The van der Waals surface area contributed by atoms with Crippen molar-refractivity contribution in [3.63, 3.8) is 0 Å². The van der Waals surface area contributed by atoms with Crippen molar-refractivity contribution in [3.8, 4) is 5.75 Å². The van der Waals surface area contributed by atoms with Gasteiger partial charge in [-0.2, -0.15) is 0 Å². The van der Waals surface area contributed by atoms with Crippen LogP contribution in [-0.2, 0) is 9.84 Å². The minimum absolute atomic E-state index is 0.288. The lowest BCUT2D eigenvalue weighted by Gasteiger charge is -2.08. The van der Waals surface area contributed by atoms with Crippen molar-refractivity contribution in [2.24, 2.45) is 0 Å². The van der Waals surface area contributed by atoms with Crippen molar-refractivity contribution < 1.29 is 13.2 Å². The van der Waals surface area contributed by atoms with Gasteiger partial charge in [0.05, 0.1) is 11.4 Å². The largest absolute Gasteiger partial charge is 0.492 e. The number of nitrogens with zero attached hydrogens (tertiary/aromatic N) is 1. The molecule has 106 valence electrons. The molecule has 0 saturated carbocycles. The van der Waals surface area contributed by atoms with E-state index in [4.69, 9.17) is 4.74 Å². The quantitative estimate of drug-likeness (QED) is 0.824. The molecule has 2 rings (SSSR count). The van der Waals surface area contributed by atoms with Gasteiger partial charge in [0.2, 0.25) is 0 Å². The summed E-state index contributed by atoms with van der Waals surface area (Å²) in [5.41, 5.74) is 0. The molecular formula is C14H16N2O3S. The Kier molecular flexibility index (Phi) is 4.57. The highest BCUT2D eigenvalue weighted by Gasteiger charge is 2.06. The van der Waals surface area contributed by atoms with Gasteiger partial charge in [0.1, 0.15) is 18.2 Å². The third kappa shape index (κ3) is 4.24. The Morgan fingerprint density at radius 1 is 1.15 bits per heavy atom. The highest BCUT2D eigenvalue weighted by molar-refractivity contribution is 7.90. The minimum atomic E-state index is -3.16. The highest BCUT2D eigenvalue weighted by atomic mass is 32.2. The van der Waals surface area contributed by atoms with Crippen LogP contribution >= 0.6 is 0 Å². The molecule has 0 fully saturated rings. The summed E-state index contributed by atoms with van der Waals surface area (Å²) < 4.78 is 28.1. The molecule has 1 heterocycles. The number of ether oxygens (including phenoxy) is 1. The number of sulfone groups is 1. The van der Waals surface area contributed by atoms with E-state index in [1.165, 1.54) is 18.4 Å². The van der Waals surface area contributed by atoms with E-state index in [1.807, 2.05) is 18.2 Å². The summed E-state index contributed by atoms with van der Waals surface area (Å²) >= 11 is 0. The van der Waals surface area contributed by atoms with Gasteiger partial charge in [0.15, 0.2) is 9.84 Å². The summed E-state index contributed by atoms with van der Waals surface area (Å²) in [6, 6.07) is 12.0. The van der Waals surface area contributed by atoms with Crippen LogP contribution in [-0.4, -0.2) is 32.8 Å².